The molecule has 2 heteroatoms. The van der Waals surface area contributed by atoms with Crippen LogP contribution in [0.5, 0.6) is 0 Å². The average molecular weight is 375 g/mol. The van der Waals surface area contributed by atoms with E-state index in [2.05, 4.69) is 13.8 Å². The molecule has 4 saturated carbocycles. The molecule has 4 aliphatic rings. The van der Waals surface area contributed by atoms with Gasteiger partial charge in [0.1, 0.15) is 5.78 Å². The van der Waals surface area contributed by atoms with Crippen molar-refractivity contribution in [2.75, 3.05) is 0 Å². The number of fused-ring (bicyclic) bond motifs is 5. The molecule has 0 aromatic rings. The van der Waals surface area contributed by atoms with Crippen molar-refractivity contribution in [3.05, 3.63) is 0 Å². The van der Waals surface area contributed by atoms with Crippen molar-refractivity contribution in [2.45, 2.75) is 104 Å². The Morgan fingerprint density at radius 2 is 1.85 bits per heavy atom. The Labute approximate surface area is 166 Å². The van der Waals surface area contributed by atoms with E-state index in [1.165, 1.54) is 44.9 Å². The molecule has 27 heavy (non-hydrogen) atoms. The first-order chi connectivity index (χ1) is 12.7. The van der Waals surface area contributed by atoms with Crippen molar-refractivity contribution < 1.29 is 9.90 Å². The van der Waals surface area contributed by atoms with Crippen molar-refractivity contribution >= 4 is 5.78 Å². The molecule has 1 N–H and O–H groups in total. The molecule has 4 rings (SSSR count). The van der Waals surface area contributed by atoms with Crippen LogP contribution in [-0.4, -0.2) is 16.5 Å². The third-order valence-electron chi connectivity index (χ3n) is 9.74. The van der Waals surface area contributed by atoms with E-state index in [0.29, 0.717) is 11.2 Å². The maximum Gasteiger partial charge on any atom is 0.133 e. The minimum atomic E-state index is -0.526. The zero-order chi connectivity index (χ0) is 19.4. The zero-order valence-electron chi connectivity index (χ0n) is 18.2. The maximum atomic E-state index is 11.9. The molecule has 3 unspecified atom stereocenters. The van der Waals surface area contributed by atoms with Crippen molar-refractivity contribution in [1.29, 1.82) is 0 Å². The van der Waals surface area contributed by atoms with Gasteiger partial charge in [0.2, 0.25) is 0 Å². The fraction of sp³-hybridized carbons (Fsp3) is 0.960. The van der Waals surface area contributed by atoms with Gasteiger partial charge in [-0.15, -0.1) is 0 Å². The lowest BCUT2D eigenvalue weighted by molar-refractivity contribution is -0.127. The Balaban J connectivity index is 1.46. The summed E-state index contributed by atoms with van der Waals surface area (Å²) in [7, 11) is 0. The van der Waals surface area contributed by atoms with Gasteiger partial charge in [0.05, 0.1) is 5.60 Å². The highest BCUT2D eigenvalue weighted by molar-refractivity contribution is 5.79. The lowest BCUT2D eigenvalue weighted by Crippen LogP contribution is -2.49. The molecular formula is C25H42O2. The van der Waals surface area contributed by atoms with Crippen LogP contribution >= 0.6 is 0 Å². The molecule has 4 fully saturated rings. The van der Waals surface area contributed by atoms with E-state index in [0.717, 1.165) is 67.1 Å². The van der Waals surface area contributed by atoms with E-state index in [1.54, 1.807) is 0 Å². The van der Waals surface area contributed by atoms with Gasteiger partial charge in [-0.3, -0.25) is 4.79 Å². The molecule has 0 saturated heterocycles. The first-order valence-electron chi connectivity index (χ1n) is 11.9. The number of hydrogen-bond acceptors (Lipinski definition) is 2. The van der Waals surface area contributed by atoms with Crippen LogP contribution < -0.4 is 0 Å². The van der Waals surface area contributed by atoms with E-state index in [1.807, 2.05) is 13.8 Å². The molecule has 0 aliphatic heterocycles. The molecule has 8 atom stereocenters. The van der Waals surface area contributed by atoms with Crippen LogP contribution in [0.4, 0.5) is 0 Å². The molecule has 0 heterocycles. The Kier molecular flexibility index (Phi) is 5.28. The molecule has 0 aromatic heterocycles. The standard InChI is InChI=1S/C25H42O2/c1-16(11-13-24(2,3)27)22-9-10-23-21-7-5-17-15-18(26)6-8-19(17)20(21)12-14-25(22,23)4/h16-17,19-23,27H,5-15H2,1-4H3/t16-,17-,19+,20?,21?,22-,23?,25-/m1/s1. The van der Waals surface area contributed by atoms with Crippen LogP contribution in [-0.2, 0) is 4.79 Å². The van der Waals surface area contributed by atoms with Crippen molar-refractivity contribution in [3.8, 4) is 0 Å². The minimum absolute atomic E-state index is 0.525. The second-order valence-electron chi connectivity index (χ2n) is 11.8. The van der Waals surface area contributed by atoms with Gasteiger partial charge in [-0.1, -0.05) is 13.8 Å². The highest BCUT2D eigenvalue weighted by atomic mass is 16.3. The van der Waals surface area contributed by atoms with Gasteiger partial charge in [0.15, 0.2) is 0 Å². The van der Waals surface area contributed by atoms with Gasteiger partial charge < -0.3 is 5.11 Å². The van der Waals surface area contributed by atoms with Crippen LogP contribution in [0.15, 0.2) is 0 Å². The van der Waals surface area contributed by atoms with Crippen molar-refractivity contribution in [3.63, 3.8) is 0 Å². The fourth-order valence-electron chi connectivity index (χ4n) is 8.42. The third-order valence-corrected chi connectivity index (χ3v) is 9.74. The number of Topliss-reactive ketones (excluding diaryl/α,β-unsaturated/α-hetero) is 1. The number of carbonyl (C=O) groups is 1. The van der Waals surface area contributed by atoms with Gasteiger partial charge in [0, 0.05) is 12.8 Å². The summed E-state index contributed by atoms with van der Waals surface area (Å²) < 4.78 is 0. The van der Waals surface area contributed by atoms with Gasteiger partial charge in [-0.05, 0) is 118 Å². The smallest absolute Gasteiger partial charge is 0.133 e. The predicted octanol–water partition coefficient (Wildman–Crippen LogP) is 6.01. The normalized spacial score (nSPS) is 45.7. The molecular weight excluding hydrogens is 332 g/mol. The lowest BCUT2D eigenvalue weighted by Gasteiger charge is -2.56. The van der Waals surface area contributed by atoms with E-state index < -0.39 is 5.60 Å². The van der Waals surface area contributed by atoms with Gasteiger partial charge >= 0.3 is 0 Å². The Morgan fingerprint density at radius 1 is 1.07 bits per heavy atom. The average Bonchev–Trinajstić information content (AvgIpc) is 2.96. The topological polar surface area (TPSA) is 37.3 Å². The summed E-state index contributed by atoms with van der Waals surface area (Å²) in [4.78, 5) is 11.9. The summed E-state index contributed by atoms with van der Waals surface area (Å²) in [6.07, 6.45) is 13.4. The van der Waals surface area contributed by atoms with E-state index in [4.69, 9.17) is 0 Å². The van der Waals surface area contributed by atoms with Gasteiger partial charge in [0.25, 0.3) is 0 Å². The van der Waals surface area contributed by atoms with Crippen molar-refractivity contribution in [1.82, 2.24) is 0 Å². The second-order valence-corrected chi connectivity index (χ2v) is 11.8. The van der Waals surface area contributed by atoms with Crippen molar-refractivity contribution in [2.24, 2.45) is 46.8 Å². The van der Waals surface area contributed by atoms with Crippen LogP contribution in [0.1, 0.15) is 98.3 Å². The van der Waals surface area contributed by atoms with Crippen LogP contribution in [0.3, 0.4) is 0 Å². The van der Waals surface area contributed by atoms with Crippen LogP contribution in [0, 0.1) is 46.8 Å². The van der Waals surface area contributed by atoms with E-state index in [-0.39, 0.29) is 0 Å². The zero-order valence-corrected chi connectivity index (χ0v) is 18.2. The third kappa shape index (κ3) is 3.65. The summed E-state index contributed by atoms with van der Waals surface area (Å²) in [5.41, 5.74) is -0.000859. The number of rotatable bonds is 4. The number of ketones is 1. The Morgan fingerprint density at radius 3 is 2.59 bits per heavy atom. The second kappa shape index (κ2) is 7.15. The largest absolute Gasteiger partial charge is 0.390 e. The number of carbonyl (C=O) groups excluding carboxylic acids is 1. The predicted molar refractivity (Wildman–Crippen MR) is 110 cm³/mol. The van der Waals surface area contributed by atoms with E-state index in [9.17, 15) is 9.90 Å². The van der Waals surface area contributed by atoms with E-state index >= 15 is 0 Å². The summed E-state index contributed by atoms with van der Waals surface area (Å²) in [5.74, 6) is 6.46. The first kappa shape index (κ1) is 19.9. The summed E-state index contributed by atoms with van der Waals surface area (Å²) in [6, 6.07) is 0. The van der Waals surface area contributed by atoms with Gasteiger partial charge in [-0.25, -0.2) is 0 Å². The Hall–Kier alpha value is -0.370. The molecule has 0 aromatic carbocycles. The molecule has 4 aliphatic carbocycles. The molecule has 0 radical (unpaired) electrons. The summed E-state index contributed by atoms with van der Waals surface area (Å²) in [6.45, 7) is 9.00. The maximum absolute atomic E-state index is 11.9. The molecule has 0 spiro atoms. The van der Waals surface area contributed by atoms with Crippen LogP contribution in [0.2, 0.25) is 0 Å². The molecule has 154 valence electrons. The molecule has 0 bridgehead atoms. The highest BCUT2D eigenvalue weighted by Crippen LogP contribution is 2.65. The fourth-order valence-corrected chi connectivity index (χ4v) is 8.42. The summed E-state index contributed by atoms with van der Waals surface area (Å²) in [5, 5.41) is 10.2. The lowest BCUT2D eigenvalue weighted by atomic mass is 9.49. The van der Waals surface area contributed by atoms with Gasteiger partial charge in [-0.2, -0.15) is 0 Å². The quantitative estimate of drug-likeness (QED) is 0.654. The molecule has 2 nitrogen and oxygen atoms in total. The number of aliphatic hydroxyl groups is 1. The Bertz CT molecular complexity index is 561. The highest BCUT2D eigenvalue weighted by Gasteiger charge is 2.57. The molecule has 0 amide bonds. The minimum Gasteiger partial charge on any atom is -0.390 e. The SMILES string of the molecule is C[C@H](CCC(C)(C)O)[C@H]1CCC2C3CC[C@@H]4CC(=O)CC[C@@H]4C3CC[C@@]21C. The van der Waals surface area contributed by atoms with Crippen LogP contribution in [0.25, 0.3) is 0 Å². The summed E-state index contributed by atoms with van der Waals surface area (Å²) >= 11 is 0. The first-order valence-corrected chi connectivity index (χ1v) is 11.9. The monoisotopic (exact) mass is 374 g/mol. The number of hydrogen-bond donors (Lipinski definition) is 1.